The van der Waals surface area contributed by atoms with Crippen LogP contribution in [0.5, 0.6) is 0 Å². The monoisotopic (exact) mass is 806 g/mol. The highest BCUT2D eigenvalue weighted by Gasteiger charge is 2.54. The van der Waals surface area contributed by atoms with Gasteiger partial charge in [0, 0.05) is 12.3 Å². The van der Waals surface area contributed by atoms with Crippen molar-refractivity contribution in [3.8, 4) is 0 Å². The molecular weight excluding hydrogens is 765 g/mol. The van der Waals surface area contributed by atoms with Crippen molar-refractivity contribution < 1.29 is 26.8 Å². The Labute approximate surface area is 342 Å². The molecule has 1 fully saturated rings. The van der Waals surface area contributed by atoms with Crippen molar-refractivity contribution in [1.82, 2.24) is 9.55 Å². The SMILES string of the molecule is CS(=O)(=O)O[C@H]1[C@@H](OC(c2ccccc2)(c2ccccc2)c2ccccc2)[C@@H](n2ccc(=O)[nH]c2=O)O[C@H]1COC(c1ccccc1)(c1ccccc1)c1ccccc1. The van der Waals surface area contributed by atoms with Crippen molar-refractivity contribution in [3.63, 3.8) is 0 Å². The maximum atomic E-state index is 13.7. The number of rotatable bonds is 14. The average Bonchev–Trinajstić information content (AvgIpc) is 3.59. The van der Waals surface area contributed by atoms with Crippen LogP contribution in [0, 0.1) is 0 Å². The molecule has 0 spiro atoms. The molecule has 0 amide bonds. The van der Waals surface area contributed by atoms with Gasteiger partial charge in [-0.05, 0) is 33.4 Å². The number of H-pyrrole nitrogens is 1. The van der Waals surface area contributed by atoms with E-state index >= 15 is 0 Å². The molecule has 8 rings (SSSR count). The number of benzene rings is 6. The third kappa shape index (κ3) is 7.99. The van der Waals surface area contributed by atoms with E-state index in [2.05, 4.69) is 4.98 Å². The summed E-state index contributed by atoms with van der Waals surface area (Å²) in [6.07, 6.45) is -2.92. The second-order valence-corrected chi connectivity index (χ2v) is 15.9. The van der Waals surface area contributed by atoms with E-state index in [-0.39, 0.29) is 6.61 Å². The zero-order valence-electron chi connectivity index (χ0n) is 32.1. The van der Waals surface area contributed by atoms with E-state index in [4.69, 9.17) is 18.4 Å². The molecule has 0 bridgehead atoms. The number of hydrogen-bond acceptors (Lipinski definition) is 8. The van der Waals surface area contributed by atoms with Gasteiger partial charge in [0.2, 0.25) is 0 Å². The molecule has 10 nitrogen and oxygen atoms in total. The molecule has 7 aromatic rings. The molecule has 4 atom stereocenters. The Hall–Kier alpha value is -6.21. The normalized spacial score (nSPS) is 18.4. The highest BCUT2D eigenvalue weighted by Crippen LogP contribution is 2.47. The van der Waals surface area contributed by atoms with E-state index < -0.39 is 57.1 Å². The molecule has 0 aliphatic carbocycles. The fraction of sp³-hybridized carbons (Fsp3) is 0.167. The zero-order valence-corrected chi connectivity index (χ0v) is 32.9. The van der Waals surface area contributed by atoms with Gasteiger partial charge in [-0.2, -0.15) is 8.42 Å². The fourth-order valence-electron chi connectivity index (χ4n) is 8.04. The van der Waals surface area contributed by atoms with Gasteiger partial charge in [0.15, 0.2) is 6.23 Å². The van der Waals surface area contributed by atoms with Gasteiger partial charge < -0.3 is 14.2 Å². The summed E-state index contributed by atoms with van der Waals surface area (Å²) in [6, 6.07) is 59.0. The number of nitrogens with zero attached hydrogens (tertiary/aromatic N) is 1. The molecule has 0 saturated carbocycles. The van der Waals surface area contributed by atoms with Crippen molar-refractivity contribution in [2.75, 3.05) is 12.9 Å². The number of aromatic amines is 1. The Balaban J connectivity index is 1.33. The minimum absolute atomic E-state index is 0.234. The fourth-order valence-corrected chi connectivity index (χ4v) is 8.68. The molecule has 1 aromatic heterocycles. The predicted molar refractivity (Wildman–Crippen MR) is 224 cm³/mol. The minimum Gasteiger partial charge on any atom is -0.358 e. The van der Waals surface area contributed by atoms with Gasteiger partial charge in [-0.3, -0.25) is 18.5 Å². The van der Waals surface area contributed by atoms with E-state index in [1.165, 1.54) is 16.8 Å². The summed E-state index contributed by atoms with van der Waals surface area (Å²) in [5, 5.41) is 0. The van der Waals surface area contributed by atoms with Crippen LogP contribution < -0.4 is 11.2 Å². The number of nitrogens with one attached hydrogen (secondary N) is 1. The Bertz CT molecular complexity index is 2490. The van der Waals surface area contributed by atoms with Crippen LogP contribution in [-0.2, 0) is 39.7 Å². The van der Waals surface area contributed by atoms with Gasteiger partial charge >= 0.3 is 5.69 Å². The summed E-state index contributed by atoms with van der Waals surface area (Å²) in [5.41, 5.74) is 0.586. The Morgan fingerprint density at radius 2 is 0.932 bits per heavy atom. The van der Waals surface area contributed by atoms with Crippen LogP contribution >= 0.6 is 0 Å². The highest BCUT2D eigenvalue weighted by atomic mass is 32.2. The van der Waals surface area contributed by atoms with Gasteiger partial charge in [0.05, 0.1) is 12.9 Å². The molecule has 0 radical (unpaired) electrons. The van der Waals surface area contributed by atoms with Crippen LogP contribution in [0.2, 0.25) is 0 Å². The first-order valence-corrected chi connectivity index (χ1v) is 21.0. The van der Waals surface area contributed by atoms with E-state index in [1.807, 2.05) is 182 Å². The van der Waals surface area contributed by atoms with Crippen LogP contribution in [0.15, 0.2) is 204 Å². The van der Waals surface area contributed by atoms with Gasteiger partial charge in [-0.15, -0.1) is 0 Å². The lowest BCUT2D eigenvalue weighted by Gasteiger charge is -2.40. The number of hydrogen-bond donors (Lipinski definition) is 1. The molecule has 298 valence electrons. The summed E-state index contributed by atoms with van der Waals surface area (Å²) < 4.78 is 55.4. The number of aromatic nitrogens is 2. The summed E-state index contributed by atoms with van der Waals surface area (Å²) >= 11 is 0. The molecule has 2 heterocycles. The van der Waals surface area contributed by atoms with E-state index in [0.717, 1.165) is 39.6 Å². The lowest BCUT2D eigenvalue weighted by atomic mass is 9.79. The van der Waals surface area contributed by atoms with E-state index in [9.17, 15) is 18.0 Å². The van der Waals surface area contributed by atoms with Gasteiger partial charge in [0.1, 0.15) is 29.5 Å². The molecular formula is C48H42N2O8S. The molecule has 1 aliphatic heterocycles. The number of ether oxygens (including phenoxy) is 3. The highest BCUT2D eigenvalue weighted by molar-refractivity contribution is 7.86. The van der Waals surface area contributed by atoms with Crippen molar-refractivity contribution in [3.05, 3.63) is 248 Å². The van der Waals surface area contributed by atoms with Gasteiger partial charge in [-0.1, -0.05) is 182 Å². The average molecular weight is 807 g/mol. The summed E-state index contributed by atoms with van der Waals surface area (Å²) in [5.74, 6) is 0. The lowest BCUT2D eigenvalue weighted by Crippen LogP contribution is -2.47. The van der Waals surface area contributed by atoms with Crippen molar-refractivity contribution in [2.24, 2.45) is 0 Å². The Morgan fingerprint density at radius 1 is 0.559 bits per heavy atom. The molecule has 6 aromatic carbocycles. The smallest absolute Gasteiger partial charge is 0.330 e. The third-order valence-electron chi connectivity index (χ3n) is 10.6. The molecule has 1 N–H and O–H groups in total. The third-order valence-corrected chi connectivity index (χ3v) is 11.1. The second kappa shape index (κ2) is 16.9. The second-order valence-electron chi connectivity index (χ2n) is 14.3. The summed E-state index contributed by atoms with van der Waals surface area (Å²) in [7, 11) is -4.22. The molecule has 1 aliphatic rings. The zero-order chi connectivity index (χ0) is 40.9. The van der Waals surface area contributed by atoms with Crippen LogP contribution in [0.3, 0.4) is 0 Å². The Morgan fingerprint density at radius 3 is 1.29 bits per heavy atom. The van der Waals surface area contributed by atoms with Gasteiger partial charge in [0.25, 0.3) is 15.7 Å². The predicted octanol–water partition coefficient (Wildman–Crippen LogP) is 7.16. The molecule has 11 heteroatoms. The van der Waals surface area contributed by atoms with Crippen LogP contribution in [-0.4, -0.2) is 49.1 Å². The minimum atomic E-state index is -4.22. The van der Waals surface area contributed by atoms with Crippen molar-refractivity contribution in [1.29, 1.82) is 0 Å². The first-order chi connectivity index (χ1) is 28.7. The van der Waals surface area contributed by atoms with Crippen LogP contribution in [0.25, 0.3) is 0 Å². The lowest BCUT2D eigenvalue weighted by molar-refractivity contribution is -0.123. The molecule has 59 heavy (non-hydrogen) atoms. The first-order valence-electron chi connectivity index (χ1n) is 19.2. The van der Waals surface area contributed by atoms with Gasteiger partial charge in [-0.25, -0.2) is 4.79 Å². The van der Waals surface area contributed by atoms with Crippen LogP contribution in [0.1, 0.15) is 39.6 Å². The Kier molecular flexibility index (Phi) is 11.4. The first kappa shape index (κ1) is 39.6. The maximum Gasteiger partial charge on any atom is 0.330 e. The van der Waals surface area contributed by atoms with E-state index in [0.29, 0.717) is 0 Å². The van der Waals surface area contributed by atoms with Crippen LogP contribution in [0.4, 0.5) is 0 Å². The summed E-state index contributed by atoms with van der Waals surface area (Å²) in [6.45, 7) is -0.234. The van der Waals surface area contributed by atoms with Crippen molar-refractivity contribution >= 4 is 10.1 Å². The quantitative estimate of drug-likeness (QED) is 0.0907. The molecule has 0 unspecified atom stereocenters. The van der Waals surface area contributed by atoms with Crippen molar-refractivity contribution in [2.45, 2.75) is 35.7 Å². The largest absolute Gasteiger partial charge is 0.358 e. The summed E-state index contributed by atoms with van der Waals surface area (Å²) in [4.78, 5) is 28.4. The van der Waals surface area contributed by atoms with E-state index in [1.54, 1.807) is 0 Å². The maximum absolute atomic E-state index is 13.7. The topological polar surface area (TPSA) is 126 Å². The standard InChI is InChI=1S/C48H42N2O8S/c1-59(53,54)58-43-41(34-55-47(35-20-8-2-9-21-35,36-22-10-3-11-23-36)37-24-12-4-13-25-37)56-45(50-33-32-42(51)49-46(50)52)44(43)57-48(38-26-14-5-15-27-38,39-28-16-6-17-29-39)40-30-18-7-19-31-40/h2-33,41,43-45H,34H2,1H3,(H,49,51,52)/t41-,43+,44+,45-/m0/s1. The molecule has 1 saturated heterocycles.